The lowest BCUT2D eigenvalue weighted by Crippen LogP contribution is -1.85. The van der Waals surface area contributed by atoms with E-state index >= 15 is 0 Å². The van der Waals surface area contributed by atoms with E-state index in [1.807, 2.05) is 54.6 Å². The van der Waals surface area contributed by atoms with Gasteiger partial charge in [-0.2, -0.15) is 0 Å². The Morgan fingerprint density at radius 3 is 2.36 bits per heavy atom. The first kappa shape index (κ1) is 13.9. The Bertz CT molecular complexity index is 805. The molecule has 0 unspecified atom stereocenters. The minimum absolute atomic E-state index is 0.632. The molecule has 3 rings (SSSR count). The zero-order chi connectivity index (χ0) is 15.0. The van der Waals surface area contributed by atoms with Crippen molar-refractivity contribution in [1.29, 1.82) is 0 Å². The molecule has 0 aliphatic rings. The first-order valence-corrected chi connectivity index (χ1v) is 7.10. The summed E-state index contributed by atoms with van der Waals surface area (Å²) in [7, 11) is 0. The fraction of sp³-hybridized carbons (Fsp3) is 0.0500. The zero-order valence-corrected chi connectivity index (χ0v) is 12.1. The number of hydrogen-bond donors (Lipinski definition) is 0. The van der Waals surface area contributed by atoms with E-state index in [-0.39, 0.29) is 0 Å². The van der Waals surface area contributed by atoms with Gasteiger partial charge in [-0.15, -0.1) is 0 Å². The molecule has 0 bridgehead atoms. The van der Waals surface area contributed by atoms with Crippen molar-refractivity contribution in [3.8, 4) is 11.8 Å². The molecule has 2 nitrogen and oxygen atoms in total. The molecule has 2 heteroatoms. The van der Waals surface area contributed by atoms with E-state index in [1.54, 1.807) is 12.5 Å². The van der Waals surface area contributed by atoms with E-state index < -0.39 is 0 Å². The Morgan fingerprint density at radius 1 is 0.864 bits per heavy atom. The van der Waals surface area contributed by atoms with Crippen LogP contribution in [0.15, 0.2) is 82.4 Å². The van der Waals surface area contributed by atoms with Crippen molar-refractivity contribution in [3.05, 3.63) is 95.4 Å². The number of rotatable bonds is 3. The molecule has 0 aliphatic heterocycles. The van der Waals surface area contributed by atoms with E-state index in [0.717, 1.165) is 11.1 Å². The summed E-state index contributed by atoms with van der Waals surface area (Å²) in [6.07, 6.45) is 3.38. The van der Waals surface area contributed by atoms with Crippen molar-refractivity contribution < 1.29 is 4.42 Å². The van der Waals surface area contributed by atoms with Crippen molar-refractivity contribution in [1.82, 2.24) is 0 Å². The van der Waals surface area contributed by atoms with E-state index in [4.69, 9.17) is 4.42 Å². The highest BCUT2D eigenvalue weighted by Crippen LogP contribution is 2.08. The van der Waals surface area contributed by atoms with Gasteiger partial charge < -0.3 is 4.42 Å². The summed E-state index contributed by atoms with van der Waals surface area (Å²) in [6.45, 7) is 0.632. The van der Waals surface area contributed by atoms with Crippen LogP contribution >= 0.6 is 0 Å². The number of hydrogen-bond acceptors (Lipinski definition) is 2. The van der Waals surface area contributed by atoms with Crippen LogP contribution in [0.1, 0.15) is 22.5 Å². The summed E-state index contributed by atoms with van der Waals surface area (Å²) in [5.41, 5.74) is 3.00. The largest absolute Gasteiger partial charge is 0.462 e. The van der Waals surface area contributed by atoms with Gasteiger partial charge in [-0.25, -0.2) is 0 Å². The maximum Gasteiger partial charge on any atom is 0.160 e. The topological polar surface area (TPSA) is 25.5 Å². The van der Waals surface area contributed by atoms with Gasteiger partial charge in [0.05, 0.1) is 24.6 Å². The van der Waals surface area contributed by atoms with Crippen molar-refractivity contribution in [3.63, 3.8) is 0 Å². The average molecular weight is 285 g/mol. The van der Waals surface area contributed by atoms with E-state index in [0.29, 0.717) is 12.3 Å². The second-order valence-electron chi connectivity index (χ2n) is 4.77. The Balaban J connectivity index is 1.71. The van der Waals surface area contributed by atoms with Crippen LogP contribution in [0.25, 0.3) is 0 Å². The van der Waals surface area contributed by atoms with Crippen LogP contribution < -0.4 is 0 Å². The van der Waals surface area contributed by atoms with Gasteiger partial charge in [0.25, 0.3) is 0 Å². The quantitative estimate of drug-likeness (QED) is 0.520. The van der Waals surface area contributed by atoms with Crippen LogP contribution in [0.3, 0.4) is 0 Å². The maximum absolute atomic E-state index is 5.44. The van der Waals surface area contributed by atoms with Crippen LogP contribution in [-0.4, -0.2) is 6.21 Å². The van der Waals surface area contributed by atoms with Gasteiger partial charge in [0.2, 0.25) is 0 Å². The molecule has 0 aliphatic carbocycles. The van der Waals surface area contributed by atoms with Crippen molar-refractivity contribution in [2.75, 3.05) is 0 Å². The molecule has 2 aromatic carbocycles. The molecular formula is C20H15NO. The van der Waals surface area contributed by atoms with Crippen LogP contribution in [0.5, 0.6) is 0 Å². The highest BCUT2D eigenvalue weighted by molar-refractivity contribution is 5.80. The monoisotopic (exact) mass is 285 g/mol. The van der Waals surface area contributed by atoms with Gasteiger partial charge in [0, 0.05) is 5.56 Å². The molecule has 1 aromatic heterocycles. The van der Waals surface area contributed by atoms with Gasteiger partial charge in [0.15, 0.2) is 5.76 Å². The molecule has 0 spiro atoms. The lowest BCUT2D eigenvalue weighted by atomic mass is 10.2. The molecule has 0 N–H and O–H groups in total. The van der Waals surface area contributed by atoms with Gasteiger partial charge in [-0.3, -0.25) is 4.99 Å². The first-order chi connectivity index (χ1) is 10.9. The normalized spacial score (nSPS) is 10.4. The summed E-state index contributed by atoms with van der Waals surface area (Å²) < 4.78 is 5.44. The number of nitrogens with zero attached hydrogens (tertiary/aromatic N) is 1. The summed E-state index contributed by atoms with van der Waals surface area (Å²) >= 11 is 0. The fourth-order valence-electron chi connectivity index (χ4n) is 2.00. The van der Waals surface area contributed by atoms with E-state index in [9.17, 15) is 0 Å². The van der Waals surface area contributed by atoms with Crippen LogP contribution in [0.4, 0.5) is 0 Å². The fourth-order valence-corrected chi connectivity index (χ4v) is 2.00. The van der Waals surface area contributed by atoms with Crippen molar-refractivity contribution in [2.45, 2.75) is 6.54 Å². The predicted molar refractivity (Wildman–Crippen MR) is 88.9 cm³/mol. The molecule has 0 saturated heterocycles. The first-order valence-electron chi connectivity index (χ1n) is 7.10. The Kier molecular flexibility index (Phi) is 4.49. The highest BCUT2D eigenvalue weighted by atomic mass is 16.3. The standard InChI is InChI=1S/C20H15NO/c1-3-7-17(8-4-1)11-12-19-13-14-22-20(19)16-21-15-18-9-5-2-6-10-18/h1-10,13-14,16H,15H2. The highest BCUT2D eigenvalue weighted by Gasteiger charge is 2.00. The maximum atomic E-state index is 5.44. The third-order valence-corrected chi connectivity index (χ3v) is 3.14. The molecule has 0 fully saturated rings. The second-order valence-corrected chi connectivity index (χ2v) is 4.77. The molecule has 22 heavy (non-hydrogen) atoms. The Hall–Kier alpha value is -3.05. The molecule has 0 saturated carbocycles. The number of aliphatic imine (C=N–C) groups is 1. The summed E-state index contributed by atoms with van der Waals surface area (Å²) in [5.74, 6) is 6.94. The smallest absolute Gasteiger partial charge is 0.160 e. The lowest BCUT2D eigenvalue weighted by molar-refractivity contribution is 0.559. The molecule has 0 amide bonds. The van der Waals surface area contributed by atoms with Gasteiger partial charge in [0.1, 0.15) is 0 Å². The molecule has 3 aromatic rings. The second kappa shape index (κ2) is 7.10. The third-order valence-electron chi connectivity index (χ3n) is 3.14. The number of furan rings is 1. The average Bonchev–Trinajstić information content (AvgIpc) is 3.02. The van der Waals surface area contributed by atoms with Crippen molar-refractivity contribution >= 4 is 6.21 Å². The van der Waals surface area contributed by atoms with Gasteiger partial charge in [-0.1, -0.05) is 60.4 Å². The van der Waals surface area contributed by atoms with Gasteiger partial charge in [-0.05, 0) is 23.8 Å². The summed E-state index contributed by atoms with van der Waals surface area (Å²) in [6, 6.07) is 21.9. The zero-order valence-electron chi connectivity index (χ0n) is 12.1. The van der Waals surface area contributed by atoms with Crippen LogP contribution in [0.2, 0.25) is 0 Å². The lowest BCUT2D eigenvalue weighted by Gasteiger charge is -1.94. The third kappa shape index (κ3) is 3.74. The number of benzene rings is 2. The van der Waals surface area contributed by atoms with Crippen molar-refractivity contribution in [2.24, 2.45) is 4.99 Å². The minimum Gasteiger partial charge on any atom is -0.462 e. The molecular weight excluding hydrogens is 270 g/mol. The Labute approximate surface area is 130 Å². The minimum atomic E-state index is 0.632. The Morgan fingerprint density at radius 2 is 1.59 bits per heavy atom. The molecule has 0 atom stereocenters. The van der Waals surface area contributed by atoms with E-state index in [1.165, 1.54) is 5.56 Å². The van der Waals surface area contributed by atoms with Crippen LogP contribution in [0, 0.1) is 11.8 Å². The van der Waals surface area contributed by atoms with E-state index in [2.05, 4.69) is 29.0 Å². The van der Waals surface area contributed by atoms with Gasteiger partial charge >= 0.3 is 0 Å². The molecule has 1 heterocycles. The molecule has 106 valence electrons. The summed E-state index contributed by atoms with van der Waals surface area (Å²) in [5, 5.41) is 0. The molecule has 0 radical (unpaired) electrons. The predicted octanol–water partition coefficient (Wildman–Crippen LogP) is 4.30. The SMILES string of the molecule is C(#Cc1ccoc1C=NCc1ccccc1)c1ccccc1. The van der Waals surface area contributed by atoms with Crippen LogP contribution in [-0.2, 0) is 6.54 Å². The summed E-state index contributed by atoms with van der Waals surface area (Å²) in [4.78, 5) is 4.41.